The fourth-order valence-corrected chi connectivity index (χ4v) is 6.58. The number of carboxylic acids is 2. The topological polar surface area (TPSA) is 235 Å². The van der Waals surface area contributed by atoms with Crippen LogP contribution in [-0.2, 0) is 23.9 Å². The van der Waals surface area contributed by atoms with Crippen LogP contribution in [0.25, 0.3) is 0 Å². The van der Waals surface area contributed by atoms with Crippen LogP contribution < -0.4 is 10.6 Å². The van der Waals surface area contributed by atoms with Crippen LogP contribution in [0, 0.1) is 11.8 Å². The van der Waals surface area contributed by atoms with E-state index in [1.807, 2.05) is 0 Å². The zero-order valence-corrected chi connectivity index (χ0v) is 28.0. The van der Waals surface area contributed by atoms with Gasteiger partial charge in [0.2, 0.25) is 5.91 Å². The summed E-state index contributed by atoms with van der Waals surface area (Å²) in [5.74, 6) is -5.42. The standard InChI is InChI=1S/C33H60N2O12/c1-3-4-5-6-7-8-9-10-11-14-17-46-23-19-21(32(42)43)30(29(40)26(23)37)47-24-18-20(25(36)28(39)27(24)38)31(41)35-16-13-12-15-22(34-2)33(44)45/h20-30,34,36-40H,3-19H2,1-2H3,(H,35,41)(H,42,43)(H,44,45)/t20?,21-,22-,23+,24+,25+,26-,27-,28-,29+,30+/m0/s1. The van der Waals surface area contributed by atoms with Gasteiger partial charge >= 0.3 is 11.9 Å². The van der Waals surface area contributed by atoms with Crippen LogP contribution in [0.1, 0.15) is 103 Å². The van der Waals surface area contributed by atoms with Gasteiger partial charge in [0, 0.05) is 13.2 Å². The first-order valence-corrected chi connectivity index (χ1v) is 17.5. The summed E-state index contributed by atoms with van der Waals surface area (Å²) in [6.07, 6.45) is 0.274. The molecule has 2 aliphatic rings. The second-order valence-electron chi connectivity index (χ2n) is 13.2. The summed E-state index contributed by atoms with van der Waals surface area (Å²) in [7, 11) is 1.54. The number of likely N-dealkylation sites (N-methyl/N-ethyl adjacent to an activating group) is 1. The molecule has 0 heterocycles. The summed E-state index contributed by atoms with van der Waals surface area (Å²) in [4.78, 5) is 36.3. The number of ether oxygens (including phenoxy) is 2. The molecule has 14 nitrogen and oxygen atoms in total. The number of hydrogen-bond acceptors (Lipinski definition) is 11. The van der Waals surface area contributed by atoms with Crippen molar-refractivity contribution in [2.45, 2.75) is 158 Å². The van der Waals surface area contributed by atoms with E-state index in [4.69, 9.17) is 14.6 Å². The number of unbranched alkanes of at least 4 members (excludes halogenated alkanes) is 10. The van der Waals surface area contributed by atoms with Gasteiger partial charge in [-0.3, -0.25) is 14.4 Å². The van der Waals surface area contributed by atoms with Crippen molar-refractivity contribution in [3.8, 4) is 0 Å². The molecule has 11 atom stereocenters. The number of nitrogens with one attached hydrogen (secondary N) is 2. The molecule has 9 N–H and O–H groups in total. The lowest BCUT2D eigenvalue weighted by atomic mass is 9.78. The summed E-state index contributed by atoms with van der Waals surface area (Å²) < 4.78 is 11.7. The van der Waals surface area contributed by atoms with Gasteiger partial charge in [-0.2, -0.15) is 0 Å². The Morgan fingerprint density at radius 3 is 1.85 bits per heavy atom. The third-order valence-corrected chi connectivity index (χ3v) is 9.61. The number of aliphatic hydroxyl groups is 5. The third-order valence-electron chi connectivity index (χ3n) is 9.61. The molecule has 1 amide bonds. The lowest BCUT2D eigenvalue weighted by Crippen LogP contribution is -2.62. The molecule has 2 saturated carbocycles. The number of carbonyl (C=O) groups excluding carboxylic acids is 1. The van der Waals surface area contributed by atoms with E-state index in [9.17, 15) is 45.0 Å². The summed E-state index contributed by atoms with van der Waals surface area (Å²) in [6, 6.07) is -0.713. The van der Waals surface area contributed by atoms with Crippen LogP contribution in [-0.4, -0.2) is 129 Å². The van der Waals surface area contributed by atoms with Gasteiger partial charge in [0.05, 0.1) is 36.3 Å². The van der Waals surface area contributed by atoms with E-state index in [0.29, 0.717) is 25.9 Å². The minimum Gasteiger partial charge on any atom is -0.481 e. The normalized spacial score (nSPS) is 31.7. The van der Waals surface area contributed by atoms with Gasteiger partial charge in [-0.25, -0.2) is 0 Å². The average Bonchev–Trinajstić information content (AvgIpc) is 3.04. The number of carboxylic acid groups (broad SMARTS) is 2. The van der Waals surface area contributed by atoms with Crippen molar-refractivity contribution in [3.05, 3.63) is 0 Å². The molecule has 1 unspecified atom stereocenters. The highest BCUT2D eigenvalue weighted by Crippen LogP contribution is 2.35. The lowest BCUT2D eigenvalue weighted by molar-refractivity contribution is -0.237. The molecule has 2 rings (SSSR count). The second-order valence-corrected chi connectivity index (χ2v) is 13.2. The minimum atomic E-state index is -1.79. The number of amides is 1. The predicted molar refractivity (Wildman–Crippen MR) is 171 cm³/mol. The Kier molecular flexibility index (Phi) is 19.3. The van der Waals surface area contributed by atoms with Crippen molar-refractivity contribution in [3.63, 3.8) is 0 Å². The van der Waals surface area contributed by atoms with Gasteiger partial charge in [0.1, 0.15) is 30.5 Å². The van der Waals surface area contributed by atoms with E-state index in [1.165, 1.54) is 38.5 Å². The maximum Gasteiger partial charge on any atom is 0.320 e. The highest BCUT2D eigenvalue weighted by atomic mass is 16.5. The predicted octanol–water partition coefficient (Wildman–Crippen LogP) is 0.934. The summed E-state index contributed by atoms with van der Waals surface area (Å²) >= 11 is 0. The molecule has 2 aliphatic carbocycles. The monoisotopic (exact) mass is 676 g/mol. The first-order chi connectivity index (χ1) is 22.4. The highest BCUT2D eigenvalue weighted by molar-refractivity contribution is 5.79. The molecule has 0 aliphatic heterocycles. The van der Waals surface area contributed by atoms with E-state index in [0.717, 1.165) is 25.7 Å². The van der Waals surface area contributed by atoms with E-state index in [1.54, 1.807) is 7.05 Å². The van der Waals surface area contributed by atoms with Crippen molar-refractivity contribution in [2.75, 3.05) is 20.2 Å². The van der Waals surface area contributed by atoms with E-state index in [-0.39, 0.29) is 19.4 Å². The number of carbonyl (C=O) groups is 3. The molecule has 0 aromatic heterocycles. The largest absolute Gasteiger partial charge is 0.481 e. The van der Waals surface area contributed by atoms with Crippen LogP contribution in [0.4, 0.5) is 0 Å². The molecule has 47 heavy (non-hydrogen) atoms. The minimum absolute atomic E-state index is 0.149. The Morgan fingerprint density at radius 1 is 0.702 bits per heavy atom. The van der Waals surface area contributed by atoms with Crippen LogP contribution in [0.3, 0.4) is 0 Å². The Balaban J connectivity index is 1.88. The Morgan fingerprint density at radius 2 is 1.28 bits per heavy atom. The van der Waals surface area contributed by atoms with Gasteiger partial charge in [-0.15, -0.1) is 0 Å². The Bertz CT molecular complexity index is 926. The second kappa shape index (κ2) is 21.9. The van der Waals surface area contributed by atoms with Crippen LogP contribution in [0.15, 0.2) is 0 Å². The fourth-order valence-electron chi connectivity index (χ4n) is 6.58. The quantitative estimate of drug-likeness (QED) is 0.0686. The van der Waals surface area contributed by atoms with Crippen LogP contribution >= 0.6 is 0 Å². The summed E-state index contributed by atoms with van der Waals surface area (Å²) in [6.45, 7) is 2.68. The molecule has 14 heteroatoms. The van der Waals surface area contributed by atoms with E-state index < -0.39 is 84.6 Å². The van der Waals surface area contributed by atoms with Gasteiger partial charge < -0.3 is 55.9 Å². The Labute approximate surface area is 278 Å². The number of aliphatic carboxylic acids is 2. The average molecular weight is 677 g/mol. The zero-order chi connectivity index (χ0) is 34.9. The van der Waals surface area contributed by atoms with Crippen molar-refractivity contribution >= 4 is 17.8 Å². The molecule has 274 valence electrons. The molecule has 2 fully saturated rings. The highest BCUT2D eigenvalue weighted by Gasteiger charge is 2.52. The summed E-state index contributed by atoms with van der Waals surface area (Å²) in [5.41, 5.74) is 0. The van der Waals surface area contributed by atoms with Crippen molar-refractivity contribution in [2.24, 2.45) is 11.8 Å². The van der Waals surface area contributed by atoms with Gasteiger partial charge in [-0.1, -0.05) is 64.7 Å². The number of rotatable bonds is 23. The molecule has 0 saturated heterocycles. The maximum atomic E-state index is 12.9. The third kappa shape index (κ3) is 13.1. The van der Waals surface area contributed by atoms with Gasteiger partial charge in [-0.05, 0) is 45.6 Å². The molecule has 0 spiro atoms. The van der Waals surface area contributed by atoms with E-state index in [2.05, 4.69) is 17.6 Å². The number of aliphatic hydroxyl groups excluding tert-OH is 5. The van der Waals surface area contributed by atoms with Gasteiger partial charge in [0.25, 0.3) is 0 Å². The van der Waals surface area contributed by atoms with Crippen molar-refractivity contribution in [1.82, 2.24) is 10.6 Å². The van der Waals surface area contributed by atoms with Crippen LogP contribution in [0.5, 0.6) is 0 Å². The molecule has 0 radical (unpaired) electrons. The maximum absolute atomic E-state index is 12.9. The van der Waals surface area contributed by atoms with Crippen molar-refractivity contribution < 1.29 is 59.6 Å². The Hall–Kier alpha value is -1.91. The van der Waals surface area contributed by atoms with Crippen molar-refractivity contribution in [1.29, 1.82) is 0 Å². The SMILES string of the molecule is CCCCCCCCCCCCO[C@@H]1C[C@H](C(=O)O)[C@@H](O[C@@H]2CC(C(=O)NCCCC[C@H](NC)C(=O)O)[C@@H](O)[C@H](O)[C@H]2O)[C@H](O)[C@H]1O. The fraction of sp³-hybridized carbons (Fsp3) is 0.909. The molecule has 0 aromatic rings. The van der Waals surface area contributed by atoms with Gasteiger partial charge in [0.15, 0.2) is 0 Å². The zero-order valence-electron chi connectivity index (χ0n) is 28.0. The number of hydrogen-bond donors (Lipinski definition) is 9. The van der Waals surface area contributed by atoms with Crippen LogP contribution in [0.2, 0.25) is 0 Å². The first-order valence-electron chi connectivity index (χ1n) is 17.5. The summed E-state index contributed by atoms with van der Waals surface area (Å²) in [5, 5.41) is 77.9. The lowest BCUT2D eigenvalue weighted by Gasteiger charge is -2.45. The first kappa shape index (κ1) is 41.3. The van der Waals surface area contributed by atoms with E-state index >= 15 is 0 Å². The molecule has 0 bridgehead atoms. The smallest absolute Gasteiger partial charge is 0.320 e. The molecular weight excluding hydrogens is 616 g/mol. The molecular formula is C33H60N2O12. The molecule has 0 aromatic carbocycles.